The lowest BCUT2D eigenvalue weighted by atomic mass is 9.84. The predicted molar refractivity (Wildman–Crippen MR) is 67.6 cm³/mol. The van der Waals surface area contributed by atoms with Gasteiger partial charge in [0, 0.05) is 11.0 Å². The molecule has 0 radical (unpaired) electrons. The first-order valence-corrected chi connectivity index (χ1v) is 7.17. The van der Waals surface area contributed by atoms with Crippen molar-refractivity contribution in [2.75, 3.05) is 0 Å². The van der Waals surface area contributed by atoms with E-state index >= 15 is 0 Å². The molecule has 6 heteroatoms. The van der Waals surface area contributed by atoms with Crippen LogP contribution in [0.4, 0.5) is 4.39 Å². The lowest BCUT2D eigenvalue weighted by Gasteiger charge is -2.19. The Balaban J connectivity index is 2.51. The van der Waals surface area contributed by atoms with Crippen LogP contribution in [0.15, 0.2) is 28.5 Å². The Morgan fingerprint density at radius 2 is 2.00 bits per heavy atom. The van der Waals surface area contributed by atoms with Gasteiger partial charge in [-0.15, -0.1) is 0 Å². The topological polar surface area (TPSA) is 71.4 Å². The quantitative estimate of drug-likeness (QED) is 0.865. The van der Waals surface area contributed by atoms with Crippen molar-refractivity contribution in [1.82, 2.24) is 0 Å². The smallest absolute Gasteiger partial charge is 0.309 e. The minimum absolute atomic E-state index is 0.0258. The number of benzene rings is 1. The number of fused-ring (bicyclic) bond motifs is 1. The van der Waals surface area contributed by atoms with E-state index in [0.29, 0.717) is 5.57 Å². The van der Waals surface area contributed by atoms with Gasteiger partial charge in [-0.3, -0.25) is 4.79 Å². The van der Waals surface area contributed by atoms with Gasteiger partial charge in [0.1, 0.15) is 5.82 Å². The SMILES string of the molecule is CC(C)(CC1=CS(=O)(=O)c2ccc(F)cc21)C(=O)O. The Bertz CT molecular complexity index is 687. The summed E-state index contributed by atoms with van der Waals surface area (Å²) >= 11 is 0. The zero-order chi connectivity index (χ0) is 14.4. The Morgan fingerprint density at radius 1 is 1.37 bits per heavy atom. The number of sulfone groups is 1. The summed E-state index contributed by atoms with van der Waals surface area (Å²) in [5.41, 5.74) is -0.522. The molecule has 1 aliphatic rings. The molecule has 19 heavy (non-hydrogen) atoms. The van der Waals surface area contributed by atoms with Crippen LogP contribution in [0.2, 0.25) is 0 Å². The molecule has 102 valence electrons. The molecule has 0 fully saturated rings. The first kappa shape index (κ1) is 13.7. The van der Waals surface area contributed by atoms with Crippen LogP contribution in [-0.2, 0) is 14.6 Å². The molecule has 4 nitrogen and oxygen atoms in total. The Morgan fingerprint density at radius 3 is 2.58 bits per heavy atom. The lowest BCUT2D eigenvalue weighted by molar-refractivity contribution is -0.146. The highest BCUT2D eigenvalue weighted by atomic mass is 32.2. The number of rotatable bonds is 3. The fourth-order valence-corrected chi connectivity index (χ4v) is 3.47. The number of halogens is 1. The van der Waals surface area contributed by atoms with Crippen LogP contribution in [0.5, 0.6) is 0 Å². The van der Waals surface area contributed by atoms with E-state index in [1.165, 1.54) is 19.9 Å². The number of hydrogen-bond acceptors (Lipinski definition) is 3. The Hall–Kier alpha value is -1.69. The van der Waals surface area contributed by atoms with Crippen molar-refractivity contribution in [3.05, 3.63) is 35.0 Å². The van der Waals surface area contributed by atoms with E-state index in [-0.39, 0.29) is 16.9 Å². The second-order valence-corrected chi connectivity index (χ2v) is 6.96. The second-order valence-electron chi connectivity index (χ2n) is 5.19. The number of hydrogen-bond donors (Lipinski definition) is 1. The number of allylic oxidation sites excluding steroid dienone is 1. The summed E-state index contributed by atoms with van der Waals surface area (Å²) in [5, 5.41) is 10.1. The lowest BCUT2D eigenvalue weighted by Crippen LogP contribution is -2.23. The number of carbonyl (C=O) groups is 1. The molecule has 0 saturated carbocycles. The molecule has 1 N–H and O–H groups in total. The third-order valence-electron chi connectivity index (χ3n) is 3.10. The molecule has 1 aromatic carbocycles. The van der Waals surface area contributed by atoms with E-state index < -0.39 is 27.0 Å². The molecule has 1 aromatic rings. The maximum atomic E-state index is 13.2. The molecule has 0 aliphatic carbocycles. The highest BCUT2D eigenvalue weighted by Crippen LogP contribution is 2.40. The fraction of sp³-hybridized carbons (Fsp3) is 0.308. The first-order valence-electron chi connectivity index (χ1n) is 5.62. The van der Waals surface area contributed by atoms with Gasteiger partial charge in [-0.2, -0.15) is 0 Å². The summed E-state index contributed by atoms with van der Waals surface area (Å²) < 4.78 is 37.0. The van der Waals surface area contributed by atoms with Gasteiger partial charge >= 0.3 is 5.97 Å². The van der Waals surface area contributed by atoms with Crippen molar-refractivity contribution in [2.24, 2.45) is 5.41 Å². The summed E-state index contributed by atoms with van der Waals surface area (Å²) in [7, 11) is -3.59. The average molecular weight is 284 g/mol. The molecule has 0 aromatic heterocycles. The molecule has 2 rings (SSSR count). The van der Waals surface area contributed by atoms with Gasteiger partial charge in [0.2, 0.25) is 9.84 Å². The van der Waals surface area contributed by atoms with Gasteiger partial charge in [0.05, 0.1) is 10.3 Å². The van der Waals surface area contributed by atoms with Gasteiger partial charge in [0.25, 0.3) is 0 Å². The Labute approximate surface area is 110 Å². The van der Waals surface area contributed by atoms with Crippen LogP contribution in [0, 0.1) is 11.2 Å². The molecular weight excluding hydrogens is 271 g/mol. The highest BCUT2D eigenvalue weighted by molar-refractivity contribution is 7.95. The molecule has 0 bridgehead atoms. The third kappa shape index (κ3) is 2.40. The fourth-order valence-electron chi connectivity index (χ4n) is 2.00. The number of carboxylic acids is 1. The predicted octanol–water partition coefficient (Wildman–Crippen LogP) is 2.45. The summed E-state index contributed by atoms with van der Waals surface area (Å²) in [4.78, 5) is 11.1. The standard InChI is InChI=1S/C13H13FO4S/c1-13(2,12(15)16)6-8-7-19(17,18)11-4-3-9(14)5-10(8)11/h3-5,7H,6H2,1-2H3,(H,15,16). The highest BCUT2D eigenvalue weighted by Gasteiger charge is 2.34. The molecule has 0 atom stereocenters. The third-order valence-corrected chi connectivity index (χ3v) is 4.67. The molecule has 0 unspecified atom stereocenters. The molecule has 0 amide bonds. The van der Waals surface area contributed by atoms with Crippen molar-refractivity contribution < 1.29 is 22.7 Å². The zero-order valence-corrected chi connectivity index (χ0v) is 11.3. The first-order chi connectivity index (χ1) is 8.63. The van der Waals surface area contributed by atoms with E-state index in [1.807, 2.05) is 0 Å². The summed E-state index contributed by atoms with van der Waals surface area (Å²) in [6, 6.07) is 3.41. The van der Waals surface area contributed by atoms with Crippen molar-refractivity contribution >= 4 is 21.4 Å². The number of carboxylic acid groups (broad SMARTS) is 1. The van der Waals surface area contributed by atoms with E-state index in [4.69, 9.17) is 5.11 Å². The second kappa shape index (κ2) is 4.16. The van der Waals surface area contributed by atoms with Crippen LogP contribution in [0.25, 0.3) is 5.57 Å². The molecule has 1 aliphatic heterocycles. The van der Waals surface area contributed by atoms with Gasteiger partial charge in [0.15, 0.2) is 0 Å². The monoisotopic (exact) mass is 284 g/mol. The van der Waals surface area contributed by atoms with Crippen LogP contribution >= 0.6 is 0 Å². The summed E-state index contributed by atoms with van der Waals surface area (Å²) in [6.07, 6.45) is 0.0258. The average Bonchev–Trinajstić information content (AvgIpc) is 2.49. The van der Waals surface area contributed by atoms with Crippen LogP contribution in [-0.4, -0.2) is 19.5 Å². The van der Waals surface area contributed by atoms with Gasteiger partial charge in [-0.25, -0.2) is 12.8 Å². The molecular formula is C13H13FO4S. The van der Waals surface area contributed by atoms with Crippen LogP contribution in [0.1, 0.15) is 25.8 Å². The van der Waals surface area contributed by atoms with Crippen molar-refractivity contribution in [3.8, 4) is 0 Å². The maximum absolute atomic E-state index is 13.2. The van der Waals surface area contributed by atoms with Gasteiger partial charge in [-0.1, -0.05) is 0 Å². The van der Waals surface area contributed by atoms with Crippen molar-refractivity contribution in [2.45, 2.75) is 25.2 Å². The van der Waals surface area contributed by atoms with Crippen molar-refractivity contribution in [1.29, 1.82) is 0 Å². The summed E-state index contributed by atoms with van der Waals surface area (Å²) in [6.45, 7) is 3.00. The largest absolute Gasteiger partial charge is 0.481 e. The van der Waals surface area contributed by atoms with Gasteiger partial charge in [-0.05, 0) is 44.0 Å². The maximum Gasteiger partial charge on any atom is 0.309 e. The van der Waals surface area contributed by atoms with Crippen molar-refractivity contribution in [3.63, 3.8) is 0 Å². The molecule has 0 saturated heterocycles. The van der Waals surface area contributed by atoms with Gasteiger partial charge < -0.3 is 5.11 Å². The summed E-state index contributed by atoms with van der Waals surface area (Å²) in [5.74, 6) is -1.58. The van der Waals surface area contributed by atoms with E-state index in [0.717, 1.165) is 17.5 Å². The Kier molecular flexibility index (Phi) is 3.01. The van der Waals surface area contributed by atoms with Crippen LogP contribution in [0.3, 0.4) is 0 Å². The normalized spacial score (nSPS) is 16.9. The molecule has 0 spiro atoms. The zero-order valence-electron chi connectivity index (χ0n) is 10.5. The minimum atomic E-state index is -3.59. The van der Waals surface area contributed by atoms with E-state index in [1.54, 1.807) is 0 Å². The molecule has 1 heterocycles. The van der Waals surface area contributed by atoms with E-state index in [2.05, 4.69) is 0 Å². The number of aliphatic carboxylic acids is 1. The van der Waals surface area contributed by atoms with Crippen LogP contribution < -0.4 is 0 Å². The minimum Gasteiger partial charge on any atom is -0.481 e. The van der Waals surface area contributed by atoms with E-state index in [9.17, 15) is 17.6 Å².